The van der Waals surface area contributed by atoms with Crippen molar-refractivity contribution in [1.29, 1.82) is 0 Å². The number of amidine groups is 1. The van der Waals surface area contributed by atoms with Crippen LogP contribution >= 0.6 is 23.5 Å². The summed E-state index contributed by atoms with van der Waals surface area (Å²) < 4.78 is 0. The minimum atomic E-state index is -1.07. The Bertz CT molecular complexity index is 868. The SMILES string of the molecule is O=C(O)CC1SC(=NN=Cc2ccc(SC3CCCCC3)c([N+](=O)[O-])c2)NC1=O. The minimum absolute atomic E-state index is 0.0437. The van der Waals surface area contributed by atoms with Gasteiger partial charge in [-0.05, 0) is 18.9 Å². The molecule has 2 fully saturated rings. The van der Waals surface area contributed by atoms with Crippen LogP contribution in [0.25, 0.3) is 0 Å². The molecule has 0 radical (unpaired) electrons. The number of hydrogen-bond donors (Lipinski definition) is 2. The monoisotopic (exact) mass is 436 g/mol. The van der Waals surface area contributed by atoms with Crippen LogP contribution in [0.4, 0.5) is 5.69 Å². The van der Waals surface area contributed by atoms with Crippen molar-refractivity contribution in [2.24, 2.45) is 10.2 Å². The Labute approximate surface area is 175 Å². The van der Waals surface area contributed by atoms with E-state index in [0.717, 1.165) is 24.6 Å². The first-order valence-corrected chi connectivity index (χ1v) is 10.9. The summed E-state index contributed by atoms with van der Waals surface area (Å²) in [6, 6.07) is 4.94. The van der Waals surface area contributed by atoms with Gasteiger partial charge >= 0.3 is 5.97 Å². The van der Waals surface area contributed by atoms with Gasteiger partial charge in [0.05, 0.1) is 22.5 Å². The maximum absolute atomic E-state index is 11.7. The minimum Gasteiger partial charge on any atom is -0.481 e. The lowest BCUT2D eigenvalue weighted by Crippen LogP contribution is -2.26. The molecule has 1 saturated carbocycles. The maximum Gasteiger partial charge on any atom is 0.305 e. The van der Waals surface area contributed by atoms with Gasteiger partial charge in [0.25, 0.3) is 5.69 Å². The Kier molecular flexibility index (Phi) is 7.26. The fourth-order valence-electron chi connectivity index (χ4n) is 3.11. The summed E-state index contributed by atoms with van der Waals surface area (Å²) in [6.07, 6.45) is 6.78. The highest BCUT2D eigenvalue weighted by atomic mass is 32.2. The summed E-state index contributed by atoms with van der Waals surface area (Å²) in [5, 5.41) is 30.3. The predicted octanol–water partition coefficient (Wildman–Crippen LogP) is 3.42. The number of thioether (sulfide) groups is 2. The predicted molar refractivity (Wildman–Crippen MR) is 113 cm³/mol. The zero-order valence-corrected chi connectivity index (χ0v) is 17.1. The van der Waals surface area contributed by atoms with E-state index in [1.165, 1.54) is 31.5 Å². The van der Waals surface area contributed by atoms with E-state index in [1.807, 2.05) is 0 Å². The van der Waals surface area contributed by atoms with Gasteiger partial charge in [-0.1, -0.05) is 37.1 Å². The molecule has 29 heavy (non-hydrogen) atoms. The number of benzene rings is 1. The van der Waals surface area contributed by atoms with Crippen molar-refractivity contribution < 1.29 is 19.6 Å². The Balaban J connectivity index is 1.67. The van der Waals surface area contributed by atoms with Crippen molar-refractivity contribution in [3.63, 3.8) is 0 Å². The highest BCUT2D eigenvalue weighted by molar-refractivity contribution is 8.15. The summed E-state index contributed by atoms with van der Waals surface area (Å²) in [4.78, 5) is 34.1. The van der Waals surface area contributed by atoms with E-state index >= 15 is 0 Å². The Hall–Kier alpha value is -2.40. The van der Waals surface area contributed by atoms with Crippen LogP contribution in [-0.4, -0.2) is 43.8 Å². The van der Waals surface area contributed by atoms with E-state index in [0.29, 0.717) is 15.7 Å². The molecule has 1 amide bonds. The highest BCUT2D eigenvalue weighted by Crippen LogP contribution is 2.38. The van der Waals surface area contributed by atoms with Gasteiger partial charge in [0.2, 0.25) is 5.91 Å². The maximum atomic E-state index is 11.7. The topological polar surface area (TPSA) is 134 Å². The van der Waals surface area contributed by atoms with Gasteiger partial charge in [-0.15, -0.1) is 16.9 Å². The smallest absolute Gasteiger partial charge is 0.305 e. The zero-order valence-electron chi connectivity index (χ0n) is 15.4. The van der Waals surface area contributed by atoms with E-state index in [-0.39, 0.29) is 17.3 Å². The molecule has 154 valence electrons. The number of nitrogens with one attached hydrogen (secondary N) is 1. The molecular weight excluding hydrogens is 416 g/mol. The summed E-state index contributed by atoms with van der Waals surface area (Å²) in [6.45, 7) is 0. The molecule has 1 aromatic carbocycles. The number of nitro groups is 1. The van der Waals surface area contributed by atoms with Crippen molar-refractivity contribution in [2.45, 2.75) is 53.9 Å². The summed E-state index contributed by atoms with van der Waals surface area (Å²) >= 11 is 2.56. The molecule has 1 saturated heterocycles. The summed E-state index contributed by atoms with van der Waals surface area (Å²) in [5.41, 5.74) is 0.563. The molecule has 3 rings (SSSR count). The van der Waals surface area contributed by atoms with Crippen LogP contribution in [0, 0.1) is 10.1 Å². The van der Waals surface area contributed by atoms with E-state index in [4.69, 9.17) is 5.11 Å². The third-order valence-corrected chi connectivity index (χ3v) is 6.99. The largest absolute Gasteiger partial charge is 0.481 e. The second-order valence-electron chi connectivity index (χ2n) is 6.71. The number of aliphatic carboxylic acids is 1. The molecule has 2 N–H and O–H groups in total. The molecule has 0 bridgehead atoms. The normalized spacial score (nSPS) is 21.6. The van der Waals surface area contributed by atoms with Gasteiger partial charge in [-0.25, -0.2) is 0 Å². The van der Waals surface area contributed by atoms with Crippen LogP contribution in [0.5, 0.6) is 0 Å². The van der Waals surface area contributed by atoms with Crippen LogP contribution in [0.15, 0.2) is 33.3 Å². The number of rotatable bonds is 7. The third-order valence-electron chi connectivity index (χ3n) is 4.52. The van der Waals surface area contributed by atoms with Gasteiger partial charge in [0, 0.05) is 16.9 Å². The Morgan fingerprint density at radius 3 is 2.83 bits per heavy atom. The standard InChI is InChI=1S/C18H20N4O5S2/c23-16(24)9-15-17(25)20-18(29-15)21-19-10-11-6-7-14(13(8-11)22(26)27)28-12-4-2-1-3-5-12/h6-8,10,12,15H,1-5,9H2,(H,23,24)(H,20,21,25). The van der Waals surface area contributed by atoms with E-state index in [9.17, 15) is 19.7 Å². The van der Waals surface area contributed by atoms with Gasteiger partial charge in [0.15, 0.2) is 5.17 Å². The number of nitrogens with zero attached hydrogens (tertiary/aromatic N) is 3. The van der Waals surface area contributed by atoms with Gasteiger partial charge < -0.3 is 10.4 Å². The molecule has 1 unspecified atom stereocenters. The molecular formula is C18H20N4O5S2. The Morgan fingerprint density at radius 1 is 1.38 bits per heavy atom. The van der Waals surface area contributed by atoms with E-state index in [2.05, 4.69) is 15.5 Å². The van der Waals surface area contributed by atoms with Crippen molar-refractivity contribution in [3.05, 3.63) is 33.9 Å². The van der Waals surface area contributed by atoms with Crippen LogP contribution < -0.4 is 5.32 Å². The van der Waals surface area contributed by atoms with Gasteiger partial charge in [-0.3, -0.25) is 19.7 Å². The molecule has 1 aliphatic carbocycles. The van der Waals surface area contributed by atoms with Crippen LogP contribution in [0.2, 0.25) is 0 Å². The molecule has 1 aliphatic heterocycles. The van der Waals surface area contributed by atoms with Crippen LogP contribution in [-0.2, 0) is 9.59 Å². The molecule has 9 nitrogen and oxygen atoms in total. The number of carbonyl (C=O) groups is 2. The fourth-order valence-corrected chi connectivity index (χ4v) is 5.36. The lowest BCUT2D eigenvalue weighted by atomic mass is 10.0. The number of hydrogen-bond acceptors (Lipinski definition) is 8. The van der Waals surface area contributed by atoms with Crippen LogP contribution in [0.1, 0.15) is 44.1 Å². The average molecular weight is 437 g/mol. The number of carboxylic acid groups (broad SMARTS) is 1. The van der Waals surface area contributed by atoms with Gasteiger partial charge in [0.1, 0.15) is 5.25 Å². The average Bonchev–Trinajstić information content (AvgIpc) is 3.02. The lowest BCUT2D eigenvalue weighted by Gasteiger charge is -2.20. The van der Waals surface area contributed by atoms with E-state index < -0.39 is 22.0 Å². The van der Waals surface area contributed by atoms with Crippen LogP contribution in [0.3, 0.4) is 0 Å². The molecule has 2 aliphatic rings. The van der Waals surface area contributed by atoms with Crippen molar-refractivity contribution in [1.82, 2.24) is 5.32 Å². The van der Waals surface area contributed by atoms with E-state index in [1.54, 1.807) is 23.9 Å². The fraction of sp³-hybridized carbons (Fsp3) is 0.444. The Morgan fingerprint density at radius 2 is 2.14 bits per heavy atom. The summed E-state index contributed by atoms with van der Waals surface area (Å²) in [7, 11) is 0. The number of carboxylic acids is 1. The van der Waals surface area contributed by atoms with Gasteiger partial charge in [-0.2, -0.15) is 5.10 Å². The summed E-state index contributed by atoms with van der Waals surface area (Å²) in [5.74, 6) is -1.49. The van der Waals surface area contributed by atoms with Crippen molar-refractivity contribution >= 4 is 52.5 Å². The molecule has 0 spiro atoms. The van der Waals surface area contributed by atoms with Crippen molar-refractivity contribution in [2.75, 3.05) is 0 Å². The molecule has 11 heteroatoms. The number of amides is 1. The third kappa shape index (κ3) is 6.04. The second-order valence-corrected chi connectivity index (χ2v) is 9.24. The second kappa shape index (κ2) is 9.88. The molecule has 0 aromatic heterocycles. The molecule has 1 heterocycles. The lowest BCUT2D eigenvalue weighted by molar-refractivity contribution is -0.387. The first kappa shape index (κ1) is 21.3. The molecule has 1 atom stereocenters. The number of nitro benzene ring substituents is 1. The quantitative estimate of drug-likeness (QED) is 0.380. The first-order chi connectivity index (χ1) is 13.9. The highest BCUT2D eigenvalue weighted by Gasteiger charge is 2.32. The first-order valence-electron chi connectivity index (χ1n) is 9.18. The van der Waals surface area contributed by atoms with Crippen molar-refractivity contribution in [3.8, 4) is 0 Å². The number of carbonyl (C=O) groups excluding carboxylic acids is 1. The zero-order chi connectivity index (χ0) is 20.8. The molecule has 1 aromatic rings.